The van der Waals surface area contributed by atoms with E-state index in [4.69, 9.17) is 11.6 Å². The van der Waals surface area contributed by atoms with Gasteiger partial charge in [-0.15, -0.1) is 0 Å². The van der Waals surface area contributed by atoms with Crippen molar-refractivity contribution in [2.24, 2.45) is 0 Å². The van der Waals surface area contributed by atoms with Gasteiger partial charge in [0.1, 0.15) is 5.69 Å². The average Bonchev–Trinajstić information content (AvgIpc) is 2.15. The van der Waals surface area contributed by atoms with Gasteiger partial charge in [-0.05, 0) is 19.1 Å². The second-order valence-electron chi connectivity index (χ2n) is 2.68. The Labute approximate surface area is 82.3 Å². The summed E-state index contributed by atoms with van der Waals surface area (Å²) in [5.74, 6) is -0.106. The highest BCUT2D eigenvalue weighted by Gasteiger charge is 2.10. The number of carbonyl (C=O) groups is 1. The fourth-order valence-corrected chi connectivity index (χ4v) is 1.02. The molecule has 70 valence electrons. The average molecular weight is 199 g/mol. The molecule has 0 bridgehead atoms. The van der Waals surface area contributed by atoms with Gasteiger partial charge in [-0.1, -0.05) is 11.6 Å². The monoisotopic (exact) mass is 198 g/mol. The van der Waals surface area contributed by atoms with Crippen molar-refractivity contribution in [3.8, 4) is 0 Å². The maximum Gasteiger partial charge on any atom is 0.272 e. The van der Waals surface area contributed by atoms with Crippen LogP contribution < -0.4 is 0 Å². The zero-order valence-corrected chi connectivity index (χ0v) is 8.38. The van der Waals surface area contributed by atoms with Gasteiger partial charge in [-0.3, -0.25) is 9.78 Å². The van der Waals surface area contributed by atoms with E-state index in [2.05, 4.69) is 4.98 Å². The van der Waals surface area contributed by atoms with Gasteiger partial charge in [0.25, 0.3) is 5.91 Å². The first-order valence-electron chi connectivity index (χ1n) is 4.02. The second kappa shape index (κ2) is 4.23. The number of nitrogens with zero attached hydrogens (tertiary/aromatic N) is 2. The van der Waals surface area contributed by atoms with Crippen LogP contribution in [-0.4, -0.2) is 29.4 Å². The van der Waals surface area contributed by atoms with Gasteiger partial charge in [-0.2, -0.15) is 0 Å². The molecule has 0 saturated carbocycles. The molecule has 0 aromatic carbocycles. The van der Waals surface area contributed by atoms with E-state index in [1.165, 1.54) is 6.20 Å². The van der Waals surface area contributed by atoms with Crippen molar-refractivity contribution in [1.29, 1.82) is 0 Å². The lowest BCUT2D eigenvalue weighted by molar-refractivity contribution is 0.0796. The first-order valence-corrected chi connectivity index (χ1v) is 4.40. The Kier molecular flexibility index (Phi) is 3.25. The molecule has 0 aliphatic carbocycles. The molecular formula is C9H11ClN2O. The maximum atomic E-state index is 11.5. The van der Waals surface area contributed by atoms with Gasteiger partial charge in [0, 0.05) is 24.8 Å². The highest BCUT2D eigenvalue weighted by molar-refractivity contribution is 6.30. The van der Waals surface area contributed by atoms with E-state index in [9.17, 15) is 4.79 Å². The number of hydrogen-bond donors (Lipinski definition) is 0. The summed E-state index contributed by atoms with van der Waals surface area (Å²) in [6.45, 7) is 2.56. The third-order valence-corrected chi connectivity index (χ3v) is 2.00. The van der Waals surface area contributed by atoms with Gasteiger partial charge >= 0.3 is 0 Å². The topological polar surface area (TPSA) is 33.2 Å². The lowest BCUT2D eigenvalue weighted by Gasteiger charge is -2.13. The molecule has 0 aliphatic heterocycles. The maximum absolute atomic E-state index is 11.5. The highest BCUT2D eigenvalue weighted by Crippen LogP contribution is 2.09. The second-order valence-corrected chi connectivity index (χ2v) is 3.12. The standard InChI is InChI=1S/C9H11ClN2O/c1-3-12(2)9(13)8-6-7(10)4-5-11-8/h4-6H,3H2,1-2H3. The number of pyridine rings is 1. The van der Waals surface area contributed by atoms with E-state index in [0.717, 1.165) is 0 Å². The van der Waals surface area contributed by atoms with E-state index >= 15 is 0 Å². The van der Waals surface area contributed by atoms with Crippen molar-refractivity contribution in [2.75, 3.05) is 13.6 Å². The van der Waals surface area contributed by atoms with Crippen molar-refractivity contribution in [3.05, 3.63) is 29.0 Å². The molecule has 13 heavy (non-hydrogen) atoms. The zero-order valence-electron chi connectivity index (χ0n) is 7.62. The van der Waals surface area contributed by atoms with Crippen LogP contribution in [0.3, 0.4) is 0 Å². The molecule has 0 spiro atoms. The number of carbonyl (C=O) groups excluding carboxylic acids is 1. The van der Waals surface area contributed by atoms with Crippen molar-refractivity contribution >= 4 is 17.5 Å². The first kappa shape index (κ1) is 9.99. The number of hydrogen-bond acceptors (Lipinski definition) is 2. The Hall–Kier alpha value is -1.09. The van der Waals surface area contributed by atoms with E-state index < -0.39 is 0 Å². The van der Waals surface area contributed by atoms with E-state index in [1.807, 2.05) is 6.92 Å². The fourth-order valence-electron chi connectivity index (χ4n) is 0.861. The first-order chi connectivity index (χ1) is 6.15. The molecular weight excluding hydrogens is 188 g/mol. The number of amides is 1. The SMILES string of the molecule is CCN(C)C(=O)c1cc(Cl)ccn1. The van der Waals surface area contributed by atoms with Crippen molar-refractivity contribution < 1.29 is 4.79 Å². The molecule has 0 radical (unpaired) electrons. The Balaban J connectivity index is 2.89. The molecule has 1 heterocycles. The van der Waals surface area contributed by atoms with E-state index in [0.29, 0.717) is 17.3 Å². The quantitative estimate of drug-likeness (QED) is 0.727. The molecule has 0 fully saturated rings. The lowest BCUT2D eigenvalue weighted by Crippen LogP contribution is -2.26. The summed E-state index contributed by atoms with van der Waals surface area (Å²) in [5.41, 5.74) is 0.386. The Morgan fingerprint density at radius 2 is 2.38 bits per heavy atom. The predicted molar refractivity (Wildman–Crippen MR) is 51.9 cm³/mol. The predicted octanol–water partition coefficient (Wildman–Crippen LogP) is 1.83. The normalized spacial score (nSPS) is 9.77. The van der Waals surface area contributed by atoms with E-state index in [1.54, 1.807) is 24.1 Å². The van der Waals surface area contributed by atoms with Gasteiger partial charge < -0.3 is 4.90 Å². The summed E-state index contributed by atoms with van der Waals surface area (Å²) in [7, 11) is 1.73. The van der Waals surface area contributed by atoms with Gasteiger partial charge in [0.05, 0.1) is 0 Å². The van der Waals surface area contributed by atoms with Crippen LogP contribution in [0.15, 0.2) is 18.3 Å². The Morgan fingerprint density at radius 1 is 1.69 bits per heavy atom. The summed E-state index contributed by atoms with van der Waals surface area (Å²) in [6, 6.07) is 3.21. The zero-order chi connectivity index (χ0) is 9.84. The molecule has 1 amide bonds. The van der Waals surface area contributed by atoms with Crippen LogP contribution in [0.5, 0.6) is 0 Å². The molecule has 0 atom stereocenters. The number of rotatable bonds is 2. The summed E-state index contributed by atoms with van der Waals surface area (Å²) >= 11 is 5.73. The van der Waals surface area contributed by atoms with Gasteiger partial charge in [0.2, 0.25) is 0 Å². The highest BCUT2D eigenvalue weighted by atomic mass is 35.5. The smallest absolute Gasteiger partial charge is 0.272 e. The molecule has 0 unspecified atom stereocenters. The largest absolute Gasteiger partial charge is 0.341 e. The summed E-state index contributed by atoms with van der Waals surface area (Å²) in [4.78, 5) is 17.0. The third-order valence-electron chi connectivity index (χ3n) is 1.76. The summed E-state index contributed by atoms with van der Waals surface area (Å²) in [5, 5.41) is 0.530. The summed E-state index contributed by atoms with van der Waals surface area (Å²) < 4.78 is 0. The van der Waals surface area contributed by atoms with Crippen LogP contribution in [0.4, 0.5) is 0 Å². The van der Waals surface area contributed by atoms with Crippen molar-refractivity contribution in [3.63, 3.8) is 0 Å². The number of aromatic nitrogens is 1. The van der Waals surface area contributed by atoms with Crippen molar-refractivity contribution in [1.82, 2.24) is 9.88 Å². The minimum atomic E-state index is -0.106. The van der Waals surface area contributed by atoms with Crippen LogP contribution in [0.2, 0.25) is 5.02 Å². The van der Waals surface area contributed by atoms with Crippen LogP contribution >= 0.6 is 11.6 Å². The summed E-state index contributed by atoms with van der Waals surface area (Å²) in [6.07, 6.45) is 1.53. The minimum absolute atomic E-state index is 0.106. The molecule has 0 N–H and O–H groups in total. The molecule has 1 aromatic rings. The van der Waals surface area contributed by atoms with Crippen LogP contribution in [0, 0.1) is 0 Å². The van der Waals surface area contributed by atoms with Gasteiger partial charge in [-0.25, -0.2) is 0 Å². The van der Waals surface area contributed by atoms with Gasteiger partial charge in [0.15, 0.2) is 0 Å². The van der Waals surface area contributed by atoms with Crippen molar-refractivity contribution in [2.45, 2.75) is 6.92 Å². The molecule has 3 nitrogen and oxygen atoms in total. The van der Waals surface area contributed by atoms with Crippen LogP contribution in [0.1, 0.15) is 17.4 Å². The van der Waals surface area contributed by atoms with E-state index in [-0.39, 0.29) is 5.91 Å². The minimum Gasteiger partial charge on any atom is -0.341 e. The van der Waals surface area contributed by atoms with Crippen LogP contribution in [-0.2, 0) is 0 Å². The van der Waals surface area contributed by atoms with Crippen LogP contribution in [0.25, 0.3) is 0 Å². The Bertz CT molecular complexity index is 314. The number of halogens is 1. The molecule has 1 aromatic heterocycles. The third kappa shape index (κ3) is 2.42. The molecule has 0 aliphatic rings. The molecule has 4 heteroatoms. The Morgan fingerprint density at radius 3 is 2.92 bits per heavy atom. The lowest BCUT2D eigenvalue weighted by atomic mass is 10.3. The molecule has 1 rings (SSSR count). The fraction of sp³-hybridized carbons (Fsp3) is 0.333. The molecule has 0 saturated heterocycles.